The quantitative estimate of drug-likeness (QED) is 0.570. The minimum atomic E-state index is -3.68. The van der Waals surface area contributed by atoms with Gasteiger partial charge in [0.1, 0.15) is 0 Å². The van der Waals surface area contributed by atoms with Gasteiger partial charge in [0, 0.05) is 45.2 Å². The van der Waals surface area contributed by atoms with E-state index >= 15 is 0 Å². The second kappa shape index (κ2) is 10.9. The number of amides is 3. The molecule has 3 heterocycles. The normalized spacial score (nSPS) is 22.3. The van der Waals surface area contributed by atoms with Gasteiger partial charge in [-0.1, -0.05) is 57.2 Å². The van der Waals surface area contributed by atoms with Crippen LogP contribution in [-0.4, -0.2) is 71.7 Å². The molecule has 3 amide bonds. The smallest absolute Gasteiger partial charge is 0.395 e. The van der Waals surface area contributed by atoms with E-state index in [4.69, 9.17) is 10.5 Å². The predicted molar refractivity (Wildman–Crippen MR) is 146 cm³/mol. The van der Waals surface area contributed by atoms with Gasteiger partial charge in [-0.05, 0) is 47.4 Å². The maximum Gasteiger partial charge on any atom is 0.586 e. The van der Waals surface area contributed by atoms with Gasteiger partial charge in [-0.2, -0.15) is 0 Å². The average molecular weight is 557 g/mol. The SMILES string of the molecule is CC(C)(C)[C@H]1CN([C@H](c2ccccc2)c2ccc3c(c2)OC(F)(F)O3)CCN1C(=O)CC1CCN(C(N)=O)CC1. The highest BCUT2D eigenvalue weighted by atomic mass is 19.3. The minimum absolute atomic E-state index is 0.0187. The predicted octanol–water partition coefficient (Wildman–Crippen LogP) is 4.84. The summed E-state index contributed by atoms with van der Waals surface area (Å²) < 4.78 is 36.9. The molecule has 0 aromatic heterocycles. The molecule has 0 radical (unpaired) electrons. The highest BCUT2D eigenvalue weighted by Crippen LogP contribution is 2.44. The summed E-state index contributed by atoms with van der Waals surface area (Å²) in [7, 11) is 0. The minimum Gasteiger partial charge on any atom is -0.395 e. The molecule has 5 rings (SSSR count). The van der Waals surface area contributed by atoms with Gasteiger partial charge in [-0.25, -0.2) is 4.79 Å². The summed E-state index contributed by atoms with van der Waals surface area (Å²) in [6.45, 7) is 9.43. The first kappa shape index (κ1) is 28.1. The van der Waals surface area contributed by atoms with Crippen molar-refractivity contribution in [2.24, 2.45) is 17.1 Å². The van der Waals surface area contributed by atoms with Gasteiger partial charge in [-0.15, -0.1) is 8.78 Å². The second-order valence-corrected chi connectivity index (χ2v) is 12.1. The van der Waals surface area contributed by atoms with E-state index in [0.717, 1.165) is 24.0 Å². The van der Waals surface area contributed by atoms with Gasteiger partial charge in [-0.3, -0.25) is 9.69 Å². The first-order valence-corrected chi connectivity index (χ1v) is 13.9. The van der Waals surface area contributed by atoms with Crippen molar-refractivity contribution in [3.63, 3.8) is 0 Å². The third-order valence-corrected chi connectivity index (χ3v) is 8.34. The first-order chi connectivity index (χ1) is 18.9. The fourth-order valence-corrected chi connectivity index (χ4v) is 6.19. The molecule has 8 nitrogen and oxygen atoms in total. The van der Waals surface area contributed by atoms with E-state index in [1.165, 1.54) is 6.07 Å². The maximum atomic E-state index is 13.8. The number of hydrogen-bond acceptors (Lipinski definition) is 5. The molecule has 2 aromatic carbocycles. The number of carbonyl (C=O) groups is 2. The number of nitrogens with two attached hydrogens (primary N) is 1. The second-order valence-electron chi connectivity index (χ2n) is 12.1. The van der Waals surface area contributed by atoms with Crippen molar-refractivity contribution in [1.29, 1.82) is 0 Å². The van der Waals surface area contributed by atoms with E-state index < -0.39 is 12.3 Å². The van der Waals surface area contributed by atoms with Crippen molar-refractivity contribution in [2.75, 3.05) is 32.7 Å². The summed E-state index contributed by atoms with van der Waals surface area (Å²) in [5.74, 6) is 0.404. The van der Waals surface area contributed by atoms with Crippen LogP contribution in [0.25, 0.3) is 0 Å². The number of ether oxygens (including phenoxy) is 2. The number of likely N-dealkylation sites (tertiary alicyclic amines) is 1. The van der Waals surface area contributed by atoms with E-state index in [-0.39, 0.29) is 40.8 Å². The molecule has 2 N–H and O–H groups in total. The fraction of sp³-hybridized carbons (Fsp3) is 0.533. The number of urea groups is 1. The van der Waals surface area contributed by atoms with Crippen LogP contribution >= 0.6 is 0 Å². The topological polar surface area (TPSA) is 88.3 Å². The number of hydrogen-bond donors (Lipinski definition) is 1. The van der Waals surface area contributed by atoms with Crippen LogP contribution in [0.2, 0.25) is 0 Å². The number of nitrogens with zero attached hydrogens (tertiary/aromatic N) is 3. The van der Waals surface area contributed by atoms with Crippen molar-refractivity contribution in [1.82, 2.24) is 14.7 Å². The van der Waals surface area contributed by atoms with Gasteiger partial charge < -0.3 is 25.0 Å². The highest BCUT2D eigenvalue weighted by molar-refractivity contribution is 5.77. The third-order valence-electron chi connectivity index (χ3n) is 8.34. The molecule has 0 spiro atoms. The highest BCUT2D eigenvalue weighted by Gasteiger charge is 2.45. The Morgan fingerprint density at radius 2 is 1.65 bits per heavy atom. The van der Waals surface area contributed by atoms with Crippen LogP contribution in [0.4, 0.5) is 13.6 Å². The first-order valence-electron chi connectivity index (χ1n) is 13.9. The van der Waals surface area contributed by atoms with E-state index in [2.05, 4.69) is 30.4 Å². The molecule has 2 saturated heterocycles. The Morgan fingerprint density at radius 1 is 0.975 bits per heavy atom. The number of fused-ring (bicyclic) bond motifs is 1. The largest absolute Gasteiger partial charge is 0.586 e. The number of halogens is 2. The lowest BCUT2D eigenvalue weighted by Gasteiger charge is -2.50. The zero-order valence-corrected chi connectivity index (χ0v) is 23.3. The summed E-state index contributed by atoms with van der Waals surface area (Å²) in [4.78, 5) is 31.1. The number of primary amides is 1. The van der Waals surface area contributed by atoms with Crippen LogP contribution in [-0.2, 0) is 4.79 Å². The maximum absolute atomic E-state index is 13.8. The number of carbonyl (C=O) groups excluding carboxylic acids is 2. The molecular formula is C30H38F2N4O4. The van der Waals surface area contributed by atoms with Crippen LogP contribution in [0.3, 0.4) is 0 Å². The van der Waals surface area contributed by atoms with E-state index in [0.29, 0.717) is 39.1 Å². The number of alkyl halides is 2. The molecule has 40 heavy (non-hydrogen) atoms. The van der Waals surface area contributed by atoms with Crippen molar-refractivity contribution in [3.8, 4) is 11.5 Å². The van der Waals surface area contributed by atoms with Crippen LogP contribution in [0, 0.1) is 11.3 Å². The summed E-state index contributed by atoms with van der Waals surface area (Å²) >= 11 is 0. The van der Waals surface area contributed by atoms with Crippen molar-refractivity contribution in [2.45, 2.75) is 58.4 Å². The molecule has 2 aromatic rings. The molecule has 0 saturated carbocycles. The van der Waals surface area contributed by atoms with Crippen LogP contribution in [0.15, 0.2) is 48.5 Å². The van der Waals surface area contributed by atoms with Crippen LogP contribution in [0.1, 0.15) is 57.2 Å². The Balaban J connectivity index is 1.36. The Bertz CT molecular complexity index is 1230. The number of piperidine rings is 1. The molecule has 3 aliphatic heterocycles. The molecule has 3 aliphatic rings. The van der Waals surface area contributed by atoms with Gasteiger partial charge in [0.25, 0.3) is 0 Å². The number of benzene rings is 2. The van der Waals surface area contributed by atoms with Crippen LogP contribution in [0.5, 0.6) is 11.5 Å². The van der Waals surface area contributed by atoms with Crippen molar-refractivity contribution < 1.29 is 27.8 Å². The van der Waals surface area contributed by atoms with E-state index in [1.54, 1.807) is 11.0 Å². The van der Waals surface area contributed by atoms with E-state index in [1.807, 2.05) is 41.3 Å². The molecule has 0 aliphatic carbocycles. The number of rotatable bonds is 5. The standard InChI is InChI=1S/C30H38F2N4O4/c1-29(2,3)25-19-35(15-16-36(25)26(37)17-20-11-13-34(14-12-20)28(33)38)27(21-7-5-4-6-8-21)22-9-10-23-24(18-22)40-30(31,32)39-23/h4-10,18,20,25,27H,11-17,19H2,1-3H3,(H2,33,38)/t25-,27-/m1/s1. The lowest BCUT2D eigenvalue weighted by atomic mass is 9.82. The molecular weight excluding hydrogens is 518 g/mol. The van der Waals surface area contributed by atoms with Gasteiger partial charge >= 0.3 is 12.3 Å². The Morgan fingerprint density at radius 3 is 2.30 bits per heavy atom. The van der Waals surface area contributed by atoms with E-state index in [9.17, 15) is 18.4 Å². The van der Waals surface area contributed by atoms with Crippen molar-refractivity contribution >= 4 is 11.9 Å². The summed E-state index contributed by atoms with van der Waals surface area (Å²) in [6.07, 6.45) is -1.68. The molecule has 0 unspecified atom stereocenters. The molecule has 216 valence electrons. The van der Waals surface area contributed by atoms with Gasteiger partial charge in [0.05, 0.1) is 6.04 Å². The fourth-order valence-electron chi connectivity index (χ4n) is 6.19. The Kier molecular flexibility index (Phi) is 7.65. The Hall–Kier alpha value is -3.40. The lowest BCUT2D eigenvalue weighted by molar-refractivity contribution is -0.286. The monoisotopic (exact) mass is 556 g/mol. The van der Waals surface area contributed by atoms with Gasteiger partial charge in [0.2, 0.25) is 5.91 Å². The van der Waals surface area contributed by atoms with Crippen molar-refractivity contribution in [3.05, 3.63) is 59.7 Å². The zero-order chi connectivity index (χ0) is 28.7. The number of piperazine rings is 1. The molecule has 2 atom stereocenters. The zero-order valence-electron chi connectivity index (χ0n) is 23.3. The molecule has 2 fully saturated rings. The lowest BCUT2D eigenvalue weighted by Crippen LogP contribution is -2.60. The summed E-state index contributed by atoms with van der Waals surface area (Å²) in [6, 6.07) is 14.3. The molecule has 0 bridgehead atoms. The average Bonchev–Trinajstić information content (AvgIpc) is 3.22. The third kappa shape index (κ3) is 6.01. The van der Waals surface area contributed by atoms with Gasteiger partial charge in [0.15, 0.2) is 11.5 Å². The summed E-state index contributed by atoms with van der Waals surface area (Å²) in [5, 5.41) is 0. The van der Waals surface area contributed by atoms with Crippen LogP contribution < -0.4 is 15.2 Å². The summed E-state index contributed by atoms with van der Waals surface area (Å²) in [5.41, 5.74) is 7.07. The Labute approximate surface area is 234 Å². The molecule has 10 heteroatoms.